The third-order valence-corrected chi connectivity index (χ3v) is 5.46. The summed E-state index contributed by atoms with van der Waals surface area (Å²) < 4.78 is 5.98. The second-order valence-corrected chi connectivity index (χ2v) is 7.48. The second-order valence-electron chi connectivity index (χ2n) is 7.48. The van der Waals surface area contributed by atoms with Crippen LogP contribution in [0.3, 0.4) is 0 Å². The Kier molecular flexibility index (Phi) is 4.54. The largest absolute Gasteiger partial charge is 0.507 e. The number of likely N-dealkylation sites (N-methyl/N-ethyl adjacent to an activating group) is 1. The van der Waals surface area contributed by atoms with Gasteiger partial charge in [-0.05, 0) is 56.6 Å². The number of hydrogen-bond acceptors (Lipinski definition) is 6. The summed E-state index contributed by atoms with van der Waals surface area (Å²) in [5, 5.41) is 19.2. The zero-order chi connectivity index (χ0) is 18.3. The van der Waals surface area contributed by atoms with Crippen LogP contribution < -0.4 is 4.90 Å². The molecule has 2 aliphatic rings. The van der Waals surface area contributed by atoms with Gasteiger partial charge in [-0.15, -0.1) is 10.2 Å². The molecule has 0 aliphatic carbocycles. The molecule has 2 saturated heterocycles. The Balaban J connectivity index is 1.65. The van der Waals surface area contributed by atoms with Crippen molar-refractivity contribution in [1.29, 1.82) is 0 Å². The lowest BCUT2D eigenvalue weighted by molar-refractivity contribution is -0.0246. The van der Waals surface area contributed by atoms with E-state index in [1.54, 1.807) is 6.07 Å². The fraction of sp³-hybridized carbons (Fsp3) is 0.500. The van der Waals surface area contributed by atoms with Crippen LogP contribution >= 0.6 is 0 Å². The Hall–Kier alpha value is -2.18. The van der Waals surface area contributed by atoms with Crippen molar-refractivity contribution in [2.75, 3.05) is 38.2 Å². The first-order chi connectivity index (χ1) is 12.5. The Labute approximate surface area is 154 Å². The molecule has 26 heavy (non-hydrogen) atoms. The lowest BCUT2D eigenvalue weighted by Gasteiger charge is -2.46. The lowest BCUT2D eigenvalue weighted by Crippen LogP contribution is -2.59. The summed E-state index contributed by atoms with van der Waals surface area (Å²) in [7, 11) is 2.16. The first-order valence-electron chi connectivity index (χ1n) is 9.24. The molecule has 0 spiro atoms. The highest BCUT2D eigenvalue weighted by molar-refractivity contribution is 5.70. The molecule has 2 fully saturated rings. The van der Waals surface area contributed by atoms with E-state index in [4.69, 9.17) is 4.74 Å². The minimum atomic E-state index is 0.246. The van der Waals surface area contributed by atoms with Crippen LogP contribution in [0.1, 0.15) is 17.5 Å². The van der Waals surface area contributed by atoms with E-state index in [1.807, 2.05) is 26.0 Å². The number of piperidine rings is 1. The van der Waals surface area contributed by atoms with Gasteiger partial charge in [0.25, 0.3) is 0 Å². The summed E-state index contributed by atoms with van der Waals surface area (Å²) in [5.74, 6) is 1.14. The second kappa shape index (κ2) is 6.85. The predicted molar refractivity (Wildman–Crippen MR) is 102 cm³/mol. The molecule has 2 atom stereocenters. The highest BCUT2D eigenvalue weighted by atomic mass is 16.5. The average molecular weight is 354 g/mol. The number of ether oxygens (including phenoxy) is 1. The number of anilines is 1. The molecule has 2 aromatic rings. The summed E-state index contributed by atoms with van der Waals surface area (Å²) in [6.07, 6.45) is 1.32. The van der Waals surface area contributed by atoms with Gasteiger partial charge in [-0.3, -0.25) is 0 Å². The quantitative estimate of drug-likeness (QED) is 0.893. The monoisotopic (exact) mass is 354 g/mol. The Bertz CT molecular complexity index is 810. The maximum Gasteiger partial charge on any atom is 0.152 e. The van der Waals surface area contributed by atoms with Crippen molar-refractivity contribution in [1.82, 2.24) is 15.1 Å². The van der Waals surface area contributed by atoms with E-state index in [1.165, 1.54) is 0 Å². The van der Waals surface area contributed by atoms with Gasteiger partial charge in [-0.1, -0.05) is 6.07 Å². The van der Waals surface area contributed by atoms with Crippen LogP contribution in [0, 0.1) is 13.8 Å². The molecular formula is C20H26N4O2. The van der Waals surface area contributed by atoms with Gasteiger partial charge < -0.3 is 19.6 Å². The molecule has 1 aromatic heterocycles. The van der Waals surface area contributed by atoms with Crippen LogP contribution in [-0.2, 0) is 4.74 Å². The summed E-state index contributed by atoms with van der Waals surface area (Å²) in [5.41, 5.74) is 3.50. The van der Waals surface area contributed by atoms with Crippen molar-refractivity contribution in [3.63, 3.8) is 0 Å². The highest BCUT2D eigenvalue weighted by Crippen LogP contribution is 2.32. The van der Waals surface area contributed by atoms with Gasteiger partial charge in [0.2, 0.25) is 0 Å². The molecule has 2 aliphatic heterocycles. The van der Waals surface area contributed by atoms with Gasteiger partial charge in [-0.2, -0.15) is 0 Å². The van der Waals surface area contributed by atoms with Crippen molar-refractivity contribution < 1.29 is 9.84 Å². The number of aryl methyl sites for hydroxylation is 2. The zero-order valence-electron chi connectivity index (χ0n) is 15.6. The fourth-order valence-electron chi connectivity index (χ4n) is 4.03. The van der Waals surface area contributed by atoms with Gasteiger partial charge >= 0.3 is 0 Å². The van der Waals surface area contributed by atoms with E-state index in [2.05, 4.69) is 33.1 Å². The maximum absolute atomic E-state index is 10.3. The first kappa shape index (κ1) is 17.2. The molecule has 0 radical (unpaired) electrons. The molecule has 0 bridgehead atoms. The number of nitrogens with zero attached hydrogens (tertiary/aromatic N) is 4. The normalized spacial score (nSPS) is 23.7. The van der Waals surface area contributed by atoms with E-state index in [0.29, 0.717) is 6.04 Å². The molecule has 1 N–H and O–H groups in total. The van der Waals surface area contributed by atoms with Crippen molar-refractivity contribution in [3.05, 3.63) is 35.4 Å². The van der Waals surface area contributed by atoms with Crippen LogP contribution in [-0.4, -0.2) is 65.6 Å². The average Bonchev–Trinajstić information content (AvgIpc) is 2.62. The first-order valence-corrected chi connectivity index (χ1v) is 9.24. The minimum Gasteiger partial charge on any atom is -0.507 e. The number of fused-ring (bicyclic) bond motifs is 1. The van der Waals surface area contributed by atoms with Crippen molar-refractivity contribution in [3.8, 4) is 17.0 Å². The van der Waals surface area contributed by atoms with Gasteiger partial charge in [0.05, 0.1) is 24.4 Å². The van der Waals surface area contributed by atoms with Crippen molar-refractivity contribution >= 4 is 5.82 Å². The number of aromatic hydroxyl groups is 1. The topological polar surface area (TPSA) is 61.7 Å². The number of rotatable bonds is 2. The predicted octanol–water partition coefficient (Wildman–Crippen LogP) is 2.38. The minimum absolute atomic E-state index is 0.246. The molecule has 6 heteroatoms. The summed E-state index contributed by atoms with van der Waals surface area (Å²) in [6, 6.07) is 8.04. The number of aromatic nitrogens is 2. The third kappa shape index (κ3) is 3.15. The van der Waals surface area contributed by atoms with Crippen molar-refractivity contribution in [2.24, 2.45) is 0 Å². The number of morpholine rings is 1. The third-order valence-electron chi connectivity index (χ3n) is 5.46. The summed E-state index contributed by atoms with van der Waals surface area (Å²) in [4.78, 5) is 4.68. The maximum atomic E-state index is 10.3. The Morgan fingerprint density at radius 1 is 1.15 bits per heavy atom. The molecule has 0 amide bonds. The van der Waals surface area contributed by atoms with E-state index < -0.39 is 0 Å². The van der Waals surface area contributed by atoms with Gasteiger partial charge in [-0.25, -0.2) is 0 Å². The van der Waals surface area contributed by atoms with E-state index >= 15 is 0 Å². The SMILES string of the molecule is Cc1ccc(-c2nnc(N3CCO[C@@H]4CCN(C)C[C@@H]43)cc2C)c(O)c1. The standard InChI is InChI=1S/C20H26N4O2/c1-13-4-5-15(17(25)10-13)20-14(2)11-19(21-22-20)24-8-9-26-18-6-7-23(3)12-16(18)24/h4-5,10-11,16,18,25H,6-9,12H2,1-3H3/t16-,18+/m0/s1. The number of benzene rings is 1. The van der Waals surface area contributed by atoms with Crippen LogP contribution in [0.15, 0.2) is 24.3 Å². The molecule has 4 rings (SSSR count). The molecule has 138 valence electrons. The number of likely N-dealkylation sites (tertiary alicyclic amines) is 1. The molecule has 1 aromatic carbocycles. The zero-order valence-corrected chi connectivity index (χ0v) is 15.6. The van der Waals surface area contributed by atoms with Gasteiger partial charge in [0.1, 0.15) is 5.75 Å². The highest BCUT2D eigenvalue weighted by Gasteiger charge is 2.37. The molecule has 3 heterocycles. The number of phenols is 1. The summed E-state index contributed by atoms with van der Waals surface area (Å²) >= 11 is 0. The molecular weight excluding hydrogens is 328 g/mol. The van der Waals surface area contributed by atoms with E-state index in [0.717, 1.165) is 60.9 Å². The number of phenolic OH excluding ortho intramolecular Hbond substituents is 1. The summed E-state index contributed by atoms with van der Waals surface area (Å²) in [6.45, 7) is 7.60. The van der Waals surface area contributed by atoms with Crippen molar-refractivity contribution in [2.45, 2.75) is 32.4 Å². The van der Waals surface area contributed by atoms with Crippen LogP contribution in [0.2, 0.25) is 0 Å². The van der Waals surface area contributed by atoms with E-state index in [-0.39, 0.29) is 11.9 Å². The Morgan fingerprint density at radius 3 is 2.77 bits per heavy atom. The molecule has 0 saturated carbocycles. The van der Waals surface area contributed by atoms with Gasteiger partial charge in [0, 0.05) is 25.2 Å². The Morgan fingerprint density at radius 2 is 2.00 bits per heavy atom. The molecule has 6 nitrogen and oxygen atoms in total. The van der Waals surface area contributed by atoms with Gasteiger partial charge in [0.15, 0.2) is 5.82 Å². The fourth-order valence-corrected chi connectivity index (χ4v) is 4.03. The van der Waals surface area contributed by atoms with E-state index in [9.17, 15) is 5.11 Å². The molecule has 0 unspecified atom stereocenters. The lowest BCUT2D eigenvalue weighted by atomic mass is 9.99. The smallest absolute Gasteiger partial charge is 0.152 e. The van der Waals surface area contributed by atoms with Crippen LogP contribution in [0.25, 0.3) is 11.3 Å². The van der Waals surface area contributed by atoms with Crippen LogP contribution in [0.4, 0.5) is 5.82 Å². The van der Waals surface area contributed by atoms with Crippen LogP contribution in [0.5, 0.6) is 5.75 Å². The number of hydrogen-bond donors (Lipinski definition) is 1.